The quantitative estimate of drug-likeness (QED) is 0.913. The van der Waals surface area contributed by atoms with Gasteiger partial charge in [-0.3, -0.25) is 4.68 Å². The van der Waals surface area contributed by atoms with Gasteiger partial charge in [0.15, 0.2) is 0 Å². The van der Waals surface area contributed by atoms with Gasteiger partial charge in [-0.15, -0.1) is 0 Å². The molecule has 1 N–H and O–H groups in total. The molecular formula is C17H27N3. The molecule has 5 rings (SSSR count). The van der Waals surface area contributed by atoms with Crippen molar-refractivity contribution < 1.29 is 0 Å². The minimum Gasteiger partial charge on any atom is -0.318 e. The van der Waals surface area contributed by atoms with Crippen molar-refractivity contribution in [3.8, 4) is 0 Å². The number of nitrogens with zero attached hydrogens (tertiary/aromatic N) is 2. The number of rotatable bonds is 4. The van der Waals surface area contributed by atoms with Crippen LogP contribution in [0.5, 0.6) is 0 Å². The van der Waals surface area contributed by atoms with Crippen molar-refractivity contribution in [2.75, 3.05) is 13.6 Å². The summed E-state index contributed by atoms with van der Waals surface area (Å²) in [6, 6.07) is 0.450. The third-order valence-corrected chi connectivity index (χ3v) is 6.18. The normalized spacial score (nSPS) is 40.2. The fourth-order valence-corrected chi connectivity index (χ4v) is 5.62. The van der Waals surface area contributed by atoms with Crippen LogP contribution in [0.1, 0.15) is 56.6 Å². The Morgan fingerprint density at radius 3 is 2.45 bits per heavy atom. The summed E-state index contributed by atoms with van der Waals surface area (Å²) in [5.74, 6) is 4.87. The maximum Gasteiger partial charge on any atom is 0.0615 e. The highest BCUT2D eigenvalue weighted by molar-refractivity contribution is 5.19. The minimum absolute atomic E-state index is 0.450. The first-order valence-electron chi connectivity index (χ1n) is 8.43. The zero-order chi connectivity index (χ0) is 13.7. The molecule has 0 amide bonds. The summed E-state index contributed by atoms with van der Waals surface area (Å²) in [7, 11) is 2.01. The van der Waals surface area contributed by atoms with Gasteiger partial charge in [0, 0.05) is 12.7 Å². The molecule has 0 aromatic carbocycles. The van der Waals surface area contributed by atoms with E-state index < -0.39 is 0 Å². The third kappa shape index (κ3) is 2.02. The molecule has 20 heavy (non-hydrogen) atoms. The zero-order valence-corrected chi connectivity index (χ0v) is 12.8. The van der Waals surface area contributed by atoms with Crippen LogP contribution >= 0.6 is 0 Å². The van der Waals surface area contributed by atoms with Crippen molar-refractivity contribution in [2.45, 2.75) is 51.0 Å². The zero-order valence-electron chi connectivity index (χ0n) is 12.8. The predicted octanol–water partition coefficient (Wildman–Crippen LogP) is 3.20. The summed E-state index contributed by atoms with van der Waals surface area (Å²) in [5, 5.41) is 7.89. The van der Waals surface area contributed by atoms with Crippen molar-refractivity contribution in [1.82, 2.24) is 15.1 Å². The summed E-state index contributed by atoms with van der Waals surface area (Å²) in [6.07, 6.45) is 12.0. The summed E-state index contributed by atoms with van der Waals surface area (Å²) in [6.45, 7) is 3.23. The minimum atomic E-state index is 0.450. The summed E-state index contributed by atoms with van der Waals surface area (Å²) < 4.78 is 2.16. The second-order valence-electron chi connectivity index (χ2n) is 7.62. The van der Waals surface area contributed by atoms with Crippen molar-refractivity contribution in [2.24, 2.45) is 23.7 Å². The number of nitrogens with one attached hydrogen (secondary N) is 1. The Balaban J connectivity index is 1.56. The van der Waals surface area contributed by atoms with Gasteiger partial charge in [-0.2, -0.15) is 5.10 Å². The van der Waals surface area contributed by atoms with Crippen LogP contribution in [-0.4, -0.2) is 23.4 Å². The predicted molar refractivity (Wildman–Crippen MR) is 80.7 cm³/mol. The molecular weight excluding hydrogens is 246 g/mol. The second-order valence-corrected chi connectivity index (χ2v) is 7.62. The molecule has 1 heterocycles. The number of hydrogen-bond acceptors (Lipinski definition) is 2. The van der Waals surface area contributed by atoms with Crippen LogP contribution in [0.3, 0.4) is 0 Å². The molecule has 4 aliphatic carbocycles. The Morgan fingerprint density at radius 1 is 1.20 bits per heavy atom. The lowest BCUT2D eigenvalue weighted by atomic mass is 9.51. The van der Waals surface area contributed by atoms with E-state index in [4.69, 9.17) is 0 Å². The van der Waals surface area contributed by atoms with Crippen LogP contribution in [0.25, 0.3) is 0 Å². The highest BCUT2D eigenvalue weighted by Crippen LogP contribution is 2.59. The first kappa shape index (κ1) is 12.9. The van der Waals surface area contributed by atoms with Gasteiger partial charge in [-0.25, -0.2) is 0 Å². The summed E-state index contributed by atoms with van der Waals surface area (Å²) in [4.78, 5) is 0. The Hall–Kier alpha value is -0.830. The molecule has 4 aliphatic rings. The lowest BCUT2D eigenvalue weighted by molar-refractivity contribution is -0.00281. The monoisotopic (exact) mass is 273 g/mol. The average molecular weight is 273 g/mol. The first-order valence-corrected chi connectivity index (χ1v) is 8.43. The topological polar surface area (TPSA) is 29.9 Å². The van der Waals surface area contributed by atoms with Gasteiger partial charge in [0.05, 0.1) is 12.2 Å². The van der Waals surface area contributed by atoms with Crippen LogP contribution < -0.4 is 5.32 Å². The Labute approximate surface area is 122 Å². The Kier molecular flexibility index (Phi) is 3.13. The van der Waals surface area contributed by atoms with E-state index in [0.29, 0.717) is 6.04 Å². The Morgan fingerprint density at radius 2 is 1.85 bits per heavy atom. The molecule has 0 radical (unpaired) electrons. The number of aromatic nitrogens is 2. The molecule has 0 saturated heterocycles. The van der Waals surface area contributed by atoms with Crippen LogP contribution in [0, 0.1) is 23.7 Å². The number of likely N-dealkylation sites (N-methyl/N-ethyl adjacent to an activating group) is 1. The van der Waals surface area contributed by atoms with Gasteiger partial charge in [-0.05, 0) is 81.2 Å². The SMILES string of the molecule is CNCC(C)n1cc(C2C3CC4CC(C3)CC2C4)cn1. The summed E-state index contributed by atoms with van der Waals surface area (Å²) >= 11 is 0. The standard InChI is InChI=1S/C17H27N3/c1-11(8-18-2)20-10-16(9-19-20)17-14-4-12-3-13(6-14)7-15(17)5-12/h9-15,17-18H,3-8H2,1-2H3. The maximum absolute atomic E-state index is 4.64. The van der Waals surface area contributed by atoms with E-state index in [1.165, 1.54) is 37.7 Å². The molecule has 4 saturated carbocycles. The largest absolute Gasteiger partial charge is 0.318 e. The molecule has 0 aliphatic heterocycles. The average Bonchev–Trinajstić information content (AvgIpc) is 2.87. The smallest absolute Gasteiger partial charge is 0.0615 e. The van der Waals surface area contributed by atoms with Crippen LogP contribution in [-0.2, 0) is 0 Å². The van der Waals surface area contributed by atoms with Crippen molar-refractivity contribution in [3.63, 3.8) is 0 Å². The molecule has 110 valence electrons. The van der Waals surface area contributed by atoms with E-state index in [1.54, 1.807) is 0 Å². The highest BCUT2D eigenvalue weighted by atomic mass is 15.3. The van der Waals surface area contributed by atoms with Gasteiger partial charge in [0.2, 0.25) is 0 Å². The molecule has 3 nitrogen and oxygen atoms in total. The van der Waals surface area contributed by atoms with E-state index in [2.05, 4.69) is 34.4 Å². The van der Waals surface area contributed by atoms with Crippen molar-refractivity contribution >= 4 is 0 Å². The van der Waals surface area contributed by atoms with Gasteiger partial charge in [0.1, 0.15) is 0 Å². The number of hydrogen-bond donors (Lipinski definition) is 1. The van der Waals surface area contributed by atoms with E-state index in [1.807, 2.05) is 7.05 Å². The van der Waals surface area contributed by atoms with Crippen LogP contribution in [0.4, 0.5) is 0 Å². The fourth-order valence-electron chi connectivity index (χ4n) is 5.62. The molecule has 1 aromatic heterocycles. The molecule has 1 atom stereocenters. The first-order chi connectivity index (χ1) is 9.74. The molecule has 4 fully saturated rings. The molecule has 1 unspecified atom stereocenters. The van der Waals surface area contributed by atoms with Crippen LogP contribution in [0.2, 0.25) is 0 Å². The molecule has 1 aromatic rings. The van der Waals surface area contributed by atoms with Gasteiger partial charge < -0.3 is 5.32 Å². The van der Waals surface area contributed by atoms with Gasteiger partial charge >= 0.3 is 0 Å². The van der Waals surface area contributed by atoms with E-state index >= 15 is 0 Å². The van der Waals surface area contributed by atoms with E-state index in [-0.39, 0.29) is 0 Å². The maximum atomic E-state index is 4.64. The molecule has 3 heteroatoms. The highest BCUT2D eigenvalue weighted by Gasteiger charge is 2.48. The lowest BCUT2D eigenvalue weighted by Gasteiger charge is -2.54. The van der Waals surface area contributed by atoms with Crippen LogP contribution in [0.15, 0.2) is 12.4 Å². The lowest BCUT2D eigenvalue weighted by Crippen LogP contribution is -2.43. The summed E-state index contributed by atoms with van der Waals surface area (Å²) in [5.41, 5.74) is 1.53. The van der Waals surface area contributed by atoms with Crippen molar-refractivity contribution in [3.05, 3.63) is 18.0 Å². The fraction of sp³-hybridized carbons (Fsp3) is 0.824. The second kappa shape index (κ2) is 4.87. The molecule has 4 bridgehead atoms. The molecule has 0 spiro atoms. The van der Waals surface area contributed by atoms with Gasteiger partial charge in [0.25, 0.3) is 0 Å². The van der Waals surface area contributed by atoms with Gasteiger partial charge in [-0.1, -0.05) is 0 Å². The Bertz CT molecular complexity index is 450. The third-order valence-electron chi connectivity index (χ3n) is 6.18. The van der Waals surface area contributed by atoms with E-state index in [0.717, 1.165) is 36.1 Å². The van der Waals surface area contributed by atoms with Crippen molar-refractivity contribution in [1.29, 1.82) is 0 Å². The van der Waals surface area contributed by atoms with E-state index in [9.17, 15) is 0 Å².